The molecule has 0 bridgehead atoms. The maximum Gasteiger partial charge on any atom is 0.673 e. The van der Waals surface area contributed by atoms with Crippen molar-refractivity contribution >= 4 is 14.5 Å². The van der Waals surface area contributed by atoms with Gasteiger partial charge in [0.2, 0.25) is 0 Å². The maximum atomic E-state index is 9.75. The molecule has 0 heterocycles. The van der Waals surface area contributed by atoms with Crippen LogP contribution >= 0.6 is 7.26 Å². The van der Waals surface area contributed by atoms with Gasteiger partial charge in [-0.1, -0.05) is 163 Å². The number of unbranched alkanes of at least 4 members (excludes halogenated alkanes) is 22. The van der Waals surface area contributed by atoms with E-state index >= 15 is 0 Å². The molecule has 0 unspecified atom stereocenters. The average Bonchev–Trinajstić information content (AvgIpc) is 2.91. The normalized spacial score (nSPS) is 12.0. The van der Waals surface area contributed by atoms with Crippen LogP contribution in [0.25, 0.3) is 0 Å². The van der Waals surface area contributed by atoms with Crippen molar-refractivity contribution in [2.45, 2.75) is 195 Å². The summed E-state index contributed by atoms with van der Waals surface area (Å²) in [6.07, 6.45) is 44.9. The fourth-order valence-electron chi connectivity index (χ4n) is 5.85. The van der Waals surface area contributed by atoms with E-state index in [9.17, 15) is 17.3 Å². The lowest BCUT2D eigenvalue weighted by molar-refractivity contribution is 0.368. The minimum absolute atomic E-state index is 0.640. The minimum atomic E-state index is -6.00. The van der Waals surface area contributed by atoms with E-state index < -0.39 is 14.5 Å². The average molecular weight is 599 g/mol. The van der Waals surface area contributed by atoms with Crippen molar-refractivity contribution < 1.29 is 17.3 Å². The van der Waals surface area contributed by atoms with Crippen molar-refractivity contribution in [1.29, 1.82) is 0 Å². The van der Waals surface area contributed by atoms with Crippen molar-refractivity contribution in [1.82, 2.24) is 0 Å². The van der Waals surface area contributed by atoms with Crippen LogP contribution in [-0.2, 0) is 0 Å². The van der Waals surface area contributed by atoms with Crippen LogP contribution in [0.1, 0.15) is 195 Å². The standard InChI is InChI=1S/C34H72P.BF4/c1-5-9-13-14-15-16-17-18-19-20-21-22-23-24-25-26-27-28-29-30-34-35(31-10-6-2,32-11-7-3)33-12-8-4;2-1(3,4)5/h5-34H2,1-4H3;/q+1;-1. The Labute approximate surface area is 250 Å². The van der Waals surface area contributed by atoms with Gasteiger partial charge in [-0.05, 0) is 32.1 Å². The SMILES string of the molecule is CCCCCCCCCCCCCCCCCCCCCC[P+](CCCC)(CCCC)CCCC.F[B-](F)(F)F. The van der Waals surface area contributed by atoms with E-state index in [4.69, 9.17) is 0 Å². The van der Waals surface area contributed by atoms with E-state index in [2.05, 4.69) is 27.7 Å². The van der Waals surface area contributed by atoms with E-state index in [0.717, 1.165) is 0 Å². The van der Waals surface area contributed by atoms with Crippen LogP contribution in [0.5, 0.6) is 0 Å². The summed E-state index contributed by atoms with van der Waals surface area (Å²) >= 11 is 0. The summed E-state index contributed by atoms with van der Waals surface area (Å²) in [5, 5.41) is 0. The van der Waals surface area contributed by atoms with Gasteiger partial charge in [0, 0.05) is 7.26 Å². The molecule has 0 saturated carbocycles. The van der Waals surface area contributed by atoms with E-state index in [-0.39, 0.29) is 0 Å². The van der Waals surface area contributed by atoms with E-state index in [1.54, 1.807) is 31.1 Å². The molecule has 0 amide bonds. The van der Waals surface area contributed by atoms with Gasteiger partial charge in [-0.15, -0.1) is 0 Å². The largest absolute Gasteiger partial charge is 0.673 e. The van der Waals surface area contributed by atoms with Crippen LogP contribution in [-0.4, -0.2) is 31.9 Å². The predicted molar refractivity (Wildman–Crippen MR) is 179 cm³/mol. The highest BCUT2D eigenvalue weighted by Crippen LogP contribution is 2.61. The first kappa shape index (κ1) is 42.3. The molecule has 0 N–H and O–H groups in total. The van der Waals surface area contributed by atoms with Crippen LogP contribution in [0.2, 0.25) is 0 Å². The third-order valence-electron chi connectivity index (χ3n) is 8.44. The van der Waals surface area contributed by atoms with Crippen molar-refractivity contribution in [3.05, 3.63) is 0 Å². The molecule has 0 radical (unpaired) electrons. The highest BCUT2D eigenvalue weighted by Gasteiger charge is 2.34. The minimum Gasteiger partial charge on any atom is -0.418 e. The zero-order valence-corrected chi connectivity index (χ0v) is 28.6. The Hall–Kier alpha value is 0.215. The van der Waals surface area contributed by atoms with Crippen LogP contribution < -0.4 is 0 Å². The first-order valence-electron chi connectivity index (χ1n) is 18.0. The number of hydrogen-bond acceptors (Lipinski definition) is 0. The van der Waals surface area contributed by atoms with Gasteiger partial charge in [0.1, 0.15) is 0 Å². The first-order valence-corrected chi connectivity index (χ1v) is 20.5. The Bertz CT molecular complexity index is 446. The zero-order chi connectivity index (χ0) is 30.2. The van der Waals surface area contributed by atoms with Crippen molar-refractivity contribution in [2.75, 3.05) is 24.6 Å². The third-order valence-corrected chi connectivity index (χ3v) is 13.5. The fraction of sp³-hybridized carbons (Fsp3) is 1.00. The number of rotatable bonds is 30. The fourth-order valence-corrected chi connectivity index (χ4v) is 11.1. The molecule has 0 aromatic rings. The smallest absolute Gasteiger partial charge is 0.418 e. The summed E-state index contributed by atoms with van der Waals surface area (Å²) in [5.41, 5.74) is 0. The zero-order valence-electron chi connectivity index (χ0n) is 27.7. The molecule has 0 fully saturated rings. The third kappa shape index (κ3) is 36.2. The van der Waals surface area contributed by atoms with Gasteiger partial charge in [-0.25, -0.2) is 0 Å². The van der Waals surface area contributed by atoms with Gasteiger partial charge in [-0.3, -0.25) is 0 Å². The van der Waals surface area contributed by atoms with Gasteiger partial charge < -0.3 is 17.3 Å². The second kappa shape index (κ2) is 32.1. The Kier molecular flexibility index (Phi) is 34.0. The molecule has 0 aromatic heterocycles. The van der Waals surface area contributed by atoms with Crippen LogP contribution in [0, 0.1) is 0 Å². The van der Waals surface area contributed by atoms with Crippen molar-refractivity contribution in [2.24, 2.45) is 0 Å². The molecule has 0 saturated heterocycles. The Morgan fingerprint density at radius 3 is 0.700 bits per heavy atom. The highest BCUT2D eigenvalue weighted by atomic mass is 31.2. The predicted octanol–water partition coefficient (Wildman–Crippen LogP) is 14.5. The molecule has 6 heteroatoms. The van der Waals surface area contributed by atoms with Crippen molar-refractivity contribution in [3.8, 4) is 0 Å². The second-order valence-electron chi connectivity index (χ2n) is 12.5. The quantitative estimate of drug-likeness (QED) is 0.0334. The maximum absolute atomic E-state index is 9.75. The summed E-state index contributed by atoms with van der Waals surface area (Å²) in [6, 6.07) is 0. The van der Waals surface area contributed by atoms with Gasteiger partial charge >= 0.3 is 7.25 Å². The summed E-state index contributed by atoms with van der Waals surface area (Å²) in [5.74, 6) is 0. The second-order valence-corrected chi connectivity index (χ2v) is 17.0. The van der Waals surface area contributed by atoms with E-state index in [0.29, 0.717) is 0 Å². The summed E-state index contributed by atoms with van der Waals surface area (Å²) < 4.78 is 39.0. The van der Waals surface area contributed by atoms with Crippen LogP contribution in [0.15, 0.2) is 0 Å². The van der Waals surface area contributed by atoms with Gasteiger partial charge in [-0.2, -0.15) is 0 Å². The topological polar surface area (TPSA) is 0 Å². The van der Waals surface area contributed by atoms with E-state index in [1.165, 1.54) is 161 Å². The molecule has 40 heavy (non-hydrogen) atoms. The molecule has 0 spiro atoms. The van der Waals surface area contributed by atoms with Gasteiger partial charge in [0.15, 0.2) is 0 Å². The summed E-state index contributed by atoms with van der Waals surface area (Å²) in [7, 11) is -6.64. The molecular weight excluding hydrogens is 526 g/mol. The molecule has 0 rings (SSSR count). The lowest BCUT2D eigenvalue weighted by Crippen LogP contribution is -2.13. The van der Waals surface area contributed by atoms with E-state index in [1.807, 2.05) is 0 Å². The summed E-state index contributed by atoms with van der Waals surface area (Å²) in [6.45, 7) is 9.50. The first-order chi connectivity index (χ1) is 19.2. The number of halogens is 4. The van der Waals surface area contributed by atoms with Gasteiger partial charge in [0.25, 0.3) is 0 Å². The summed E-state index contributed by atoms with van der Waals surface area (Å²) in [4.78, 5) is 0. The Morgan fingerprint density at radius 2 is 0.475 bits per heavy atom. The molecule has 244 valence electrons. The van der Waals surface area contributed by atoms with Gasteiger partial charge in [0.05, 0.1) is 24.6 Å². The monoisotopic (exact) mass is 599 g/mol. The molecular formula is C34H72BF4P. The van der Waals surface area contributed by atoms with Crippen molar-refractivity contribution in [3.63, 3.8) is 0 Å². The molecule has 0 aliphatic carbocycles. The Morgan fingerprint density at radius 1 is 0.300 bits per heavy atom. The Balaban J connectivity index is 0. The number of hydrogen-bond donors (Lipinski definition) is 0. The molecule has 0 atom stereocenters. The lowest BCUT2D eigenvalue weighted by atomic mass is 10.0. The molecule has 0 aliphatic rings. The highest BCUT2D eigenvalue weighted by molar-refractivity contribution is 7.75. The lowest BCUT2D eigenvalue weighted by Gasteiger charge is -2.28. The molecule has 0 nitrogen and oxygen atoms in total. The molecule has 0 aliphatic heterocycles. The van der Waals surface area contributed by atoms with Crippen LogP contribution in [0.3, 0.4) is 0 Å². The molecule has 0 aromatic carbocycles. The van der Waals surface area contributed by atoms with Crippen LogP contribution in [0.4, 0.5) is 17.3 Å².